The van der Waals surface area contributed by atoms with Gasteiger partial charge in [0, 0.05) is 36.4 Å². The van der Waals surface area contributed by atoms with E-state index in [4.69, 9.17) is 14.2 Å². The average molecular weight is 546 g/mol. The number of nitrogens with zero attached hydrogens (tertiary/aromatic N) is 1. The van der Waals surface area contributed by atoms with Gasteiger partial charge in [0.25, 0.3) is 0 Å². The maximum absolute atomic E-state index is 12.4. The summed E-state index contributed by atoms with van der Waals surface area (Å²) in [5.74, 6) is 3.55. The Morgan fingerprint density at radius 2 is 1.93 bits per heavy atom. The third-order valence-corrected chi connectivity index (χ3v) is 9.93. The van der Waals surface area contributed by atoms with Crippen molar-refractivity contribution in [2.75, 3.05) is 13.7 Å². The van der Waals surface area contributed by atoms with Crippen molar-refractivity contribution in [3.05, 3.63) is 82.7 Å². The Hall–Kier alpha value is -2.83. The molecule has 0 bridgehead atoms. The molecule has 1 aliphatic carbocycles. The largest absolute Gasteiger partial charge is 0.492 e. The highest BCUT2D eigenvalue weighted by Crippen LogP contribution is 2.51. The van der Waals surface area contributed by atoms with Gasteiger partial charge < -0.3 is 19.3 Å². The van der Waals surface area contributed by atoms with Crippen molar-refractivity contribution >= 4 is 5.97 Å². The molecule has 4 heterocycles. The molecule has 0 spiro atoms. The van der Waals surface area contributed by atoms with E-state index in [9.17, 15) is 9.90 Å². The van der Waals surface area contributed by atoms with Gasteiger partial charge in [-0.3, -0.25) is 4.90 Å². The third kappa shape index (κ3) is 4.94. The second kappa shape index (κ2) is 11.2. The number of rotatable bonds is 5. The first-order chi connectivity index (χ1) is 19.4. The summed E-state index contributed by atoms with van der Waals surface area (Å²) in [4.78, 5) is 15.0. The molecule has 40 heavy (non-hydrogen) atoms. The number of carbonyl (C=O) groups is 1. The van der Waals surface area contributed by atoms with E-state index in [-0.39, 0.29) is 35.8 Å². The molecule has 1 aromatic carbocycles. The van der Waals surface area contributed by atoms with E-state index in [1.807, 2.05) is 0 Å². The first-order valence-corrected chi connectivity index (χ1v) is 15.1. The Morgan fingerprint density at radius 3 is 2.67 bits per heavy atom. The van der Waals surface area contributed by atoms with Crippen molar-refractivity contribution in [2.45, 2.75) is 77.5 Å². The molecule has 214 valence electrons. The molecule has 4 aliphatic heterocycles. The van der Waals surface area contributed by atoms with Crippen LogP contribution >= 0.6 is 0 Å². The number of hydrogen-bond donors (Lipinski definition) is 1. The summed E-state index contributed by atoms with van der Waals surface area (Å²) in [5.41, 5.74) is 1.83. The summed E-state index contributed by atoms with van der Waals surface area (Å²) >= 11 is 0. The molecule has 0 saturated carbocycles. The van der Waals surface area contributed by atoms with E-state index in [0.717, 1.165) is 50.8 Å². The molecule has 6 rings (SSSR count). The highest BCUT2D eigenvalue weighted by Gasteiger charge is 2.51. The van der Waals surface area contributed by atoms with Crippen molar-refractivity contribution < 1.29 is 24.1 Å². The molecule has 5 aliphatic rings. The summed E-state index contributed by atoms with van der Waals surface area (Å²) in [5, 5.41) is 12.0. The van der Waals surface area contributed by atoms with Crippen LogP contribution in [0.2, 0.25) is 0 Å². The molecule has 1 aromatic rings. The lowest BCUT2D eigenvalue weighted by Gasteiger charge is -2.50. The zero-order valence-corrected chi connectivity index (χ0v) is 24.2. The van der Waals surface area contributed by atoms with Crippen LogP contribution in [0.4, 0.5) is 0 Å². The van der Waals surface area contributed by atoms with E-state index in [2.05, 4.69) is 67.3 Å². The minimum absolute atomic E-state index is 0.0126. The van der Waals surface area contributed by atoms with Gasteiger partial charge in [-0.25, -0.2) is 4.79 Å². The van der Waals surface area contributed by atoms with Crippen molar-refractivity contribution in [1.29, 1.82) is 0 Å². The number of aliphatic hydroxyl groups is 1. The SMILES string of the molecule is COC1=C(C)C(=O)O/C1=C1/OC2=CCCN3[C@H]([C@@H](O)[C@@H]4C=CC[C@@H](C)C4)C[C@@H](Cc4ccccc4)C[C@H]3[C@H]2[C@@H]1C. The van der Waals surface area contributed by atoms with Crippen LogP contribution in [0.5, 0.6) is 0 Å². The number of fused-ring (bicyclic) bond motifs is 3. The molecule has 0 radical (unpaired) electrons. The first kappa shape index (κ1) is 27.3. The van der Waals surface area contributed by atoms with E-state index >= 15 is 0 Å². The normalized spacial score (nSPS) is 36.8. The minimum atomic E-state index is -0.404. The molecular weight excluding hydrogens is 502 g/mol. The molecule has 0 unspecified atom stereocenters. The predicted molar refractivity (Wildman–Crippen MR) is 153 cm³/mol. The maximum atomic E-state index is 12.4. The highest BCUT2D eigenvalue weighted by atomic mass is 16.6. The van der Waals surface area contributed by atoms with Crippen LogP contribution in [0, 0.1) is 29.6 Å². The van der Waals surface area contributed by atoms with Crippen LogP contribution in [0.3, 0.4) is 0 Å². The Bertz CT molecular complexity index is 1250. The fourth-order valence-corrected chi connectivity index (χ4v) is 7.99. The van der Waals surface area contributed by atoms with Gasteiger partial charge in [-0.2, -0.15) is 0 Å². The lowest BCUT2D eigenvalue weighted by Crippen LogP contribution is -2.58. The number of piperidine rings is 1. The lowest BCUT2D eigenvalue weighted by molar-refractivity contribution is -0.133. The molecule has 2 fully saturated rings. The van der Waals surface area contributed by atoms with E-state index in [1.165, 1.54) is 5.56 Å². The summed E-state index contributed by atoms with van der Waals surface area (Å²) < 4.78 is 17.8. The van der Waals surface area contributed by atoms with Crippen molar-refractivity contribution in [3.63, 3.8) is 0 Å². The number of benzene rings is 1. The summed E-state index contributed by atoms with van der Waals surface area (Å²) in [7, 11) is 1.57. The van der Waals surface area contributed by atoms with Crippen molar-refractivity contribution in [3.8, 4) is 0 Å². The number of cyclic esters (lactones) is 1. The van der Waals surface area contributed by atoms with Gasteiger partial charge in [0.1, 0.15) is 5.76 Å². The van der Waals surface area contributed by atoms with Crippen LogP contribution in [0.1, 0.15) is 58.4 Å². The lowest BCUT2D eigenvalue weighted by atomic mass is 9.72. The van der Waals surface area contributed by atoms with Crippen molar-refractivity contribution in [1.82, 2.24) is 4.90 Å². The first-order valence-electron chi connectivity index (χ1n) is 15.1. The topological polar surface area (TPSA) is 68.2 Å². The Labute approximate surface area is 238 Å². The fraction of sp³-hybridized carbons (Fsp3) is 0.559. The zero-order chi connectivity index (χ0) is 28.0. The summed E-state index contributed by atoms with van der Waals surface area (Å²) in [6.45, 7) is 7.12. The van der Waals surface area contributed by atoms with Gasteiger partial charge in [0.05, 0.1) is 18.8 Å². The van der Waals surface area contributed by atoms with Crippen LogP contribution in [-0.4, -0.2) is 47.8 Å². The summed E-state index contributed by atoms with van der Waals surface area (Å²) in [6, 6.07) is 11.1. The van der Waals surface area contributed by atoms with Gasteiger partial charge in [0.2, 0.25) is 5.76 Å². The maximum Gasteiger partial charge on any atom is 0.343 e. The molecule has 2 saturated heterocycles. The Balaban J connectivity index is 1.35. The molecule has 0 amide bonds. The molecule has 0 aromatic heterocycles. The van der Waals surface area contributed by atoms with Gasteiger partial charge in [-0.15, -0.1) is 0 Å². The molecule has 6 heteroatoms. The Morgan fingerprint density at radius 1 is 1.12 bits per heavy atom. The number of methoxy groups -OCH3 is 1. The Kier molecular flexibility index (Phi) is 7.66. The van der Waals surface area contributed by atoms with Gasteiger partial charge in [-0.05, 0) is 68.9 Å². The van der Waals surface area contributed by atoms with E-state index in [1.54, 1.807) is 14.0 Å². The molecule has 6 nitrogen and oxygen atoms in total. The molecular formula is C34H43NO5. The predicted octanol–water partition coefficient (Wildman–Crippen LogP) is 5.90. The standard InChI is InChI=1S/C34H43NO5/c1-20-10-8-13-25(16-20)30(36)27-19-24(17-23-11-6-5-7-12-23)18-26-29-21(2)32(39-28(29)14-9-15-35(26)27)33-31(38-4)22(3)34(37)40-33/h5-8,11-14,20-21,24-27,29-30,36H,9-10,15-19H2,1-4H3/b33-32+/t20-,21+,24+,25-,26+,27+,29-,30+/m1/s1. The van der Waals surface area contributed by atoms with Crippen molar-refractivity contribution in [2.24, 2.45) is 29.6 Å². The zero-order valence-electron chi connectivity index (χ0n) is 24.2. The number of carbonyl (C=O) groups excluding carboxylic acids is 1. The third-order valence-electron chi connectivity index (χ3n) is 9.93. The number of allylic oxidation sites excluding steroid dienone is 2. The van der Waals surface area contributed by atoms with Crippen LogP contribution in [-0.2, 0) is 25.4 Å². The number of aliphatic hydroxyl groups excluding tert-OH is 1. The second-order valence-corrected chi connectivity index (χ2v) is 12.6. The minimum Gasteiger partial charge on any atom is -0.492 e. The monoisotopic (exact) mass is 545 g/mol. The van der Waals surface area contributed by atoms with E-state index in [0.29, 0.717) is 34.7 Å². The fourth-order valence-electron chi connectivity index (χ4n) is 7.99. The number of ether oxygens (including phenoxy) is 3. The summed E-state index contributed by atoms with van der Waals surface area (Å²) in [6.07, 6.45) is 12.4. The molecule has 1 N–H and O–H groups in total. The molecule has 8 atom stereocenters. The second-order valence-electron chi connectivity index (χ2n) is 12.6. The average Bonchev–Trinajstić information content (AvgIpc) is 3.35. The van der Waals surface area contributed by atoms with Gasteiger partial charge >= 0.3 is 5.97 Å². The van der Waals surface area contributed by atoms with Crippen LogP contribution in [0.15, 0.2) is 77.2 Å². The quantitative estimate of drug-likeness (QED) is 0.367. The van der Waals surface area contributed by atoms with Gasteiger partial charge in [0.15, 0.2) is 11.5 Å². The van der Waals surface area contributed by atoms with E-state index < -0.39 is 6.10 Å². The highest BCUT2D eigenvalue weighted by molar-refractivity contribution is 5.93. The number of esters is 1. The van der Waals surface area contributed by atoms with Crippen LogP contribution in [0.25, 0.3) is 0 Å². The number of hydrogen-bond acceptors (Lipinski definition) is 6. The van der Waals surface area contributed by atoms with Gasteiger partial charge in [-0.1, -0.05) is 56.3 Å². The van der Waals surface area contributed by atoms with Crippen LogP contribution < -0.4 is 0 Å². The smallest absolute Gasteiger partial charge is 0.343 e.